The van der Waals surface area contributed by atoms with E-state index >= 15 is 0 Å². The number of nitrogens with zero attached hydrogens (tertiary/aromatic N) is 1. The minimum atomic E-state index is 0.0427. The summed E-state index contributed by atoms with van der Waals surface area (Å²) in [5.41, 5.74) is 0. The SMILES string of the molecule is C/C=C/CCCC[C@H]1O[C@@H]2CCCN2C(=O)[C@@H]1C. The Hall–Kier alpha value is -0.830. The molecule has 2 heterocycles. The molecule has 0 bridgehead atoms. The van der Waals surface area contributed by atoms with Crippen LogP contribution in [0.5, 0.6) is 0 Å². The molecule has 0 radical (unpaired) electrons. The molecule has 0 spiro atoms. The average Bonchev–Trinajstić information content (AvgIpc) is 2.83. The van der Waals surface area contributed by atoms with Gasteiger partial charge in [0.25, 0.3) is 0 Å². The minimum Gasteiger partial charge on any atom is -0.354 e. The van der Waals surface area contributed by atoms with Gasteiger partial charge >= 0.3 is 0 Å². The molecule has 3 nitrogen and oxygen atoms in total. The Morgan fingerprint density at radius 1 is 1.44 bits per heavy atom. The first kappa shape index (κ1) is 13.6. The van der Waals surface area contributed by atoms with Crippen LogP contribution in [0.1, 0.15) is 52.4 Å². The van der Waals surface area contributed by atoms with E-state index in [-0.39, 0.29) is 18.2 Å². The highest BCUT2D eigenvalue weighted by atomic mass is 16.5. The van der Waals surface area contributed by atoms with Crippen LogP contribution in [0.15, 0.2) is 12.2 Å². The molecule has 1 amide bonds. The standard InChI is InChI=1S/C15H25NO2/c1-3-4-5-6-7-9-13-12(2)15(17)16-11-8-10-14(16)18-13/h3-4,12-14H,5-11H2,1-2H3/b4-3+/t12-,13-,14-/m1/s1. The zero-order valence-electron chi connectivity index (χ0n) is 11.6. The van der Waals surface area contributed by atoms with E-state index < -0.39 is 0 Å². The van der Waals surface area contributed by atoms with Gasteiger partial charge in [0.2, 0.25) is 5.91 Å². The average molecular weight is 251 g/mol. The Kier molecular flexibility index (Phi) is 4.81. The van der Waals surface area contributed by atoms with Crippen LogP contribution in [-0.2, 0) is 9.53 Å². The highest BCUT2D eigenvalue weighted by Crippen LogP contribution is 2.31. The molecule has 2 aliphatic rings. The predicted molar refractivity (Wildman–Crippen MR) is 72.1 cm³/mol. The summed E-state index contributed by atoms with van der Waals surface area (Å²) in [4.78, 5) is 14.1. The molecule has 2 aliphatic heterocycles. The largest absolute Gasteiger partial charge is 0.354 e. The molecule has 0 N–H and O–H groups in total. The van der Waals surface area contributed by atoms with E-state index in [1.54, 1.807) is 0 Å². The van der Waals surface area contributed by atoms with Gasteiger partial charge in [0.1, 0.15) is 6.23 Å². The molecule has 3 heteroatoms. The first-order valence-corrected chi connectivity index (χ1v) is 7.31. The first-order chi connectivity index (χ1) is 8.74. The lowest BCUT2D eigenvalue weighted by Crippen LogP contribution is -2.51. The van der Waals surface area contributed by atoms with Crippen LogP contribution < -0.4 is 0 Å². The molecule has 0 unspecified atom stereocenters. The molecular weight excluding hydrogens is 226 g/mol. The second-order valence-corrected chi connectivity index (χ2v) is 5.45. The molecule has 2 fully saturated rings. The monoisotopic (exact) mass is 251 g/mol. The smallest absolute Gasteiger partial charge is 0.230 e. The maximum absolute atomic E-state index is 12.2. The van der Waals surface area contributed by atoms with Gasteiger partial charge < -0.3 is 9.64 Å². The van der Waals surface area contributed by atoms with E-state index in [0.717, 1.165) is 38.6 Å². The van der Waals surface area contributed by atoms with Crippen molar-refractivity contribution in [3.05, 3.63) is 12.2 Å². The van der Waals surface area contributed by atoms with Crippen molar-refractivity contribution < 1.29 is 9.53 Å². The number of hydrogen-bond donors (Lipinski definition) is 0. The molecule has 18 heavy (non-hydrogen) atoms. The summed E-state index contributed by atoms with van der Waals surface area (Å²) in [6.45, 7) is 4.97. The number of amides is 1. The van der Waals surface area contributed by atoms with Gasteiger partial charge in [0.05, 0.1) is 12.0 Å². The Bertz CT molecular complexity index is 314. The summed E-state index contributed by atoms with van der Waals surface area (Å²) in [6.07, 6.45) is 11.1. The van der Waals surface area contributed by atoms with Crippen LogP contribution in [0.3, 0.4) is 0 Å². The number of allylic oxidation sites excluding steroid dienone is 2. The number of ether oxygens (including phenoxy) is 1. The molecule has 0 aliphatic carbocycles. The Balaban J connectivity index is 1.79. The van der Waals surface area contributed by atoms with Gasteiger partial charge in [-0.2, -0.15) is 0 Å². The second kappa shape index (κ2) is 6.37. The lowest BCUT2D eigenvalue weighted by atomic mass is 9.96. The molecule has 0 saturated carbocycles. The summed E-state index contributed by atoms with van der Waals surface area (Å²) < 4.78 is 6.09. The van der Waals surface area contributed by atoms with E-state index in [9.17, 15) is 4.79 Å². The second-order valence-electron chi connectivity index (χ2n) is 5.45. The third-order valence-corrected chi connectivity index (χ3v) is 4.11. The molecule has 2 rings (SSSR count). The van der Waals surface area contributed by atoms with Crippen molar-refractivity contribution in [2.45, 2.75) is 64.7 Å². The molecule has 0 aromatic rings. The van der Waals surface area contributed by atoms with Crippen molar-refractivity contribution >= 4 is 5.91 Å². The predicted octanol–water partition coefficient (Wildman–Crippen LogP) is 3.11. The van der Waals surface area contributed by atoms with Crippen molar-refractivity contribution in [3.8, 4) is 0 Å². The Morgan fingerprint density at radius 3 is 3.06 bits per heavy atom. The number of hydrogen-bond acceptors (Lipinski definition) is 2. The quantitative estimate of drug-likeness (QED) is 0.555. The van der Waals surface area contributed by atoms with Gasteiger partial charge in [-0.1, -0.05) is 25.5 Å². The molecule has 102 valence electrons. The van der Waals surface area contributed by atoms with E-state index in [2.05, 4.69) is 19.1 Å². The number of carbonyl (C=O) groups is 1. The summed E-state index contributed by atoms with van der Waals surface area (Å²) in [5, 5.41) is 0. The third-order valence-electron chi connectivity index (χ3n) is 4.11. The van der Waals surface area contributed by atoms with Crippen molar-refractivity contribution in [1.29, 1.82) is 0 Å². The van der Waals surface area contributed by atoms with E-state index in [1.165, 1.54) is 6.42 Å². The van der Waals surface area contributed by atoms with E-state index in [0.29, 0.717) is 5.91 Å². The lowest BCUT2D eigenvalue weighted by molar-refractivity contribution is -0.179. The molecule has 2 saturated heterocycles. The van der Waals surface area contributed by atoms with Gasteiger partial charge in [0, 0.05) is 6.54 Å². The molecule has 0 aromatic carbocycles. The third kappa shape index (κ3) is 2.94. The molecular formula is C15H25NO2. The fourth-order valence-electron chi connectivity index (χ4n) is 2.96. The van der Waals surface area contributed by atoms with Gasteiger partial charge in [-0.3, -0.25) is 4.79 Å². The summed E-state index contributed by atoms with van der Waals surface area (Å²) >= 11 is 0. The van der Waals surface area contributed by atoms with Gasteiger partial charge in [0.15, 0.2) is 0 Å². The molecule has 3 atom stereocenters. The van der Waals surface area contributed by atoms with Gasteiger partial charge in [-0.15, -0.1) is 0 Å². The van der Waals surface area contributed by atoms with Crippen molar-refractivity contribution in [2.75, 3.05) is 6.54 Å². The lowest BCUT2D eigenvalue weighted by Gasteiger charge is -2.39. The zero-order chi connectivity index (χ0) is 13.0. The van der Waals surface area contributed by atoms with Crippen molar-refractivity contribution in [3.63, 3.8) is 0 Å². The number of fused-ring (bicyclic) bond motifs is 1. The fourth-order valence-corrected chi connectivity index (χ4v) is 2.96. The zero-order valence-corrected chi connectivity index (χ0v) is 11.6. The van der Waals surface area contributed by atoms with Crippen LogP contribution in [0.25, 0.3) is 0 Å². The normalized spacial score (nSPS) is 32.2. The number of rotatable bonds is 5. The highest BCUT2D eigenvalue weighted by Gasteiger charge is 2.41. The van der Waals surface area contributed by atoms with Crippen LogP contribution in [0.2, 0.25) is 0 Å². The van der Waals surface area contributed by atoms with Crippen LogP contribution in [0, 0.1) is 5.92 Å². The Labute approximate surface area is 110 Å². The van der Waals surface area contributed by atoms with Crippen molar-refractivity contribution in [1.82, 2.24) is 4.90 Å². The van der Waals surface area contributed by atoms with Crippen LogP contribution >= 0.6 is 0 Å². The van der Waals surface area contributed by atoms with Crippen LogP contribution in [-0.4, -0.2) is 29.7 Å². The van der Waals surface area contributed by atoms with Gasteiger partial charge in [-0.05, 0) is 39.0 Å². The maximum atomic E-state index is 12.2. The van der Waals surface area contributed by atoms with E-state index in [4.69, 9.17) is 4.74 Å². The summed E-state index contributed by atoms with van der Waals surface area (Å²) in [6, 6.07) is 0. The fraction of sp³-hybridized carbons (Fsp3) is 0.800. The molecule has 0 aromatic heterocycles. The summed E-state index contributed by atoms with van der Waals surface area (Å²) in [7, 11) is 0. The number of carbonyl (C=O) groups excluding carboxylic acids is 1. The summed E-state index contributed by atoms with van der Waals surface area (Å²) in [5.74, 6) is 0.350. The Morgan fingerprint density at radius 2 is 2.28 bits per heavy atom. The topological polar surface area (TPSA) is 29.5 Å². The number of unbranched alkanes of at least 4 members (excludes halogenated alkanes) is 2. The van der Waals surface area contributed by atoms with Crippen LogP contribution in [0.4, 0.5) is 0 Å². The maximum Gasteiger partial charge on any atom is 0.230 e. The first-order valence-electron chi connectivity index (χ1n) is 7.31. The highest BCUT2D eigenvalue weighted by molar-refractivity contribution is 5.80. The minimum absolute atomic E-state index is 0.0427. The van der Waals surface area contributed by atoms with Gasteiger partial charge in [-0.25, -0.2) is 0 Å². The van der Waals surface area contributed by atoms with Crippen molar-refractivity contribution in [2.24, 2.45) is 5.92 Å². The van der Waals surface area contributed by atoms with E-state index in [1.807, 2.05) is 11.8 Å².